The molecule has 2 aromatic rings. The van der Waals surface area contributed by atoms with E-state index in [4.69, 9.17) is 4.74 Å². The Morgan fingerprint density at radius 3 is 2.95 bits per heavy atom. The lowest BCUT2D eigenvalue weighted by molar-refractivity contribution is 0.102. The van der Waals surface area contributed by atoms with Crippen LogP contribution in [-0.4, -0.2) is 22.3 Å². The van der Waals surface area contributed by atoms with Crippen LogP contribution < -0.4 is 10.1 Å². The number of nitrogens with zero attached hydrogens (tertiary/aromatic N) is 2. The third-order valence-corrected chi connectivity index (χ3v) is 3.53. The van der Waals surface area contributed by atoms with E-state index >= 15 is 0 Å². The number of carbonyl (C=O) groups excluding carboxylic acids is 1. The molecule has 104 valence electrons. The average Bonchev–Trinajstić information content (AvgIpc) is 2.94. The van der Waals surface area contributed by atoms with Crippen molar-refractivity contribution in [2.45, 2.75) is 19.3 Å². The number of benzene rings is 1. The van der Waals surface area contributed by atoms with Crippen LogP contribution in [-0.2, 0) is 12.5 Å². The molecule has 5 heteroatoms. The minimum Gasteiger partial charge on any atom is -0.492 e. The minimum absolute atomic E-state index is 0.0556. The highest BCUT2D eigenvalue weighted by molar-refractivity contribution is 6.06. The number of anilines is 1. The first kappa shape index (κ1) is 12.7. The van der Waals surface area contributed by atoms with E-state index in [9.17, 15) is 4.79 Å². The van der Waals surface area contributed by atoms with E-state index < -0.39 is 0 Å². The quantitative estimate of drug-likeness (QED) is 0.912. The van der Waals surface area contributed by atoms with Gasteiger partial charge in [0, 0.05) is 24.2 Å². The number of para-hydroxylation sites is 1. The van der Waals surface area contributed by atoms with Gasteiger partial charge in [-0.05, 0) is 6.07 Å². The number of rotatable bonds is 2. The van der Waals surface area contributed by atoms with Gasteiger partial charge in [-0.1, -0.05) is 26.0 Å². The second-order valence-corrected chi connectivity index (χ2v) is 5.71. The molecule has 5 nitrogen and oxygen atoms in total. The lowest BCUT2D eigenvalue weighted by Crippen LogP contribution is -2.18. The lowest BCUT2D eigenvalue weighted by Gasteiger charge is -2.15. The molecule has 0 radical (unpaired) electrons. The molecule has 1 N–H and O–H groups in total. The first-order valence-corrected chi connectivity index (χ1v) is 6.54. The van der Waals surface area contributed by atoms with Crippen molar-refractivity contribution in [3.8, 4) is 5.75 Å². The first-order valence-electron chi connectivity index (χ1n) is 6.54. The number of hydrogen-bond acceptors (Lipinski definition) is 3. The molecule has 0 spiro atoms. The van der Waals surface area contributed by atoms with E-state index in [1.165, 1.54) is 0 Å². The number of nitrogens with one attached hydrogen (secondary N) is 1. The van der Waals surface area contributed by atoms with Gasteiger partial charge < -0.3 is 10.1 Å². The van der Waals surface area contributed by atoms with Crippen molar-refractivity contribution in [2.75, 3.05) is 11.9 Å². The molecule has 0 fully saturated rings. The molecule has 0 saturated heterocycles. The minimum atomic E-state index is -0.174. The van der Waals surface area contributed by atoms with Crippen LogP contribution in [0.1, 0.15) is 29.8 Å². The Hall–Kier alpha value is -2.30. The Morgan fingerprint density at radius 2 is 2.25 bits per heavy atom. The van der Waals surface area contributed by atoms with Gasteiger partial charge in [0.05, 0.1) is 24.1 Å². The molecular formula is C15H17N3O2. The molecule has 0 aliphatic carbocycles. The summed E-state index contributed by atoms with van der Waals surface area (Å²) in [5.74, 6) is 0.520. The van der Waals surface area contributed by atoms with E-state index in [0.717, 1.165) is 5.56 Å². The summed E-state index contributed by atoms with van der Waals surface area (Å²) >= 11 is 0. The summed E-state index contributed by atoms with van der Waals surface area (Å²) in [6, 6.07) is 5.70. The number of aryl methyl sites for hydroxylation is 1. The molecular weight excluding hydrogens is 254 g/mol. The molecule has 1 aliphatic rings. The van der Waals surface area contributed by atoms with E-state index in [1.54, 1.807) is 23.1 Å². The molecule has 0 bridgehead atoms. The molecule has 1 aromatic carbocycles. The highest BCUT2D eigenvalue weighted by Gasteiger charge is 2.34. The van der Waals surface area contributed by atoms with Crippen molar-refractivity contribution in [3.63, 3.8) is 0 Å². The van der Waals surface area contributed by atoms with Crippen LogP contribution in [0.5, 0.6) is 5.75 Å². The molecule has 3 rings (SSSR count). The van der Waals surface area contributed by atoms with Crippen LogP contribution in [0.15, 0.2) is 30.6 Å². The molecule has 1 aromatic heterocycles. The fourth-order valence-electron chi connectivity index (χ4n) is 2.42. The van der Waals surface area contributed by atoms with E-state index in [1.807, 2.05) is 19.2 Å². The topological polar surface area (TPSA) is 56.2 Å². The second-order valence-electron chi connectivity index (χ2n) is 5.71. The van der Waals surface area contributed by atoms with Crippen LogP contribution in [0.2, 0.25) is 0 Å². The number of carbonyl (C=O) groups is 1. The number of amides is 1. The summed E-state index contributed by atoms with van der Waals surface area (Å²) < 4.78 is 7.37. The molecule has 2 heterocycles. The third-order valence-electron chi connectivity index (χ3n) is 3.53. The fourth-order valence-corrected chi connectivity index (χ4v) is 2.42. The zero-order chi connectivity index (χ0) is 14.3. The second kappa shape index (κ2) is 4.37. The summed E-state index contributed by atoms with van der Waals surface area (Å²) in [6.07, 6.45) is 3.37. The molecule has 20 heavy (non-hydrogen) atoms. The highest BCUT2D eigenvalue weighted by Crippen LogP contribution is 2.40. The van der Waals surface area contributed by atoms with Crippen LogP contribution in [0.25, 0.3) is 0 Å². The van der Waals surface area contributed by atoms with Gasteiger partial charge in [0.25, 0.3) is 5.91 Å². The van der Waals surface area contributed by atoms with Crippen LogP contribution >= 0.6 is 0 Å². The fraction of sp³-hybridized carbons (Fsp3) is 0.333. The molecule has 1 aliphatic heterocycles. The summed E-state index contributed by atoms with van der Waals surface area (Å²) in [5.41, 5.74) is 2.26. The van der Waals surface area contributed by atoms with E-state index in [2.05, 4.69) is 24.3 Å². The smallest absolute Gasteiger partial charge is 0.259 e. The van der Waals surface area contributed by atoms with Crippen LogP contribution in [0.4, 0.5) is 5.69 Å². The van der Waals surface area contributed by atoms with Crippen molar-refractivity contribution in [3.05, 3.63) is 41.7 Å². The van der Waals surface area contributed by atoms with Crippen molar-refractivity contribution >= 4 is 11.6 Å². The van der Waals surface area contributed by atoms with Crippen molar-refractivity contribution in [1.29, 1.82) is 0 Å². The SMILES string of the molecule is Cn1cc(NC(=O)c2cccc3c2OCC3(C)C)cn1. The maximum atomic E-state index is 12.4. The summed E-state index contributed by atoms with van der Waals surface area (Å²) in [6.45, 7) is 4.82. The maximum absolute atomic E-state index is 12.4. The van der Waals surface area contributed by atoms with Crippen molar-refractivity contribution < 1.29 is 9.53 Å². The Morgan fingerprint density at radius 1 is 1.45 bits per heavy atom. The standard InChI is InChI=1S/C15H17N3O2/c1-15(2)9-20-13-11(5-4-6-12(13)15)14(19)17-10-7-16-18(3)8-10/h4-8H,9H2,1-3H3,(H,17,19). The Bertz CT molecular complexity index is 674. The van der Waals surface area contributed by atoms with Gasteiger partial charge in [-0.15, -0.1) is 0 Å². The Kier molecular flexibility index (Phi) is 2.78. The molecule has 1 amide bonds. The summed E-state index contributed by atoms with van der Waals surface area (Å²) in [4.78, 5) is 12.4. The number of ether oxygens (including phenoxy) is 1. The van der Waals surface area contributed by atoms with Crippen molar-refractivity contribution in [1.82, 2.24) is 9.78 Å². The predicted octanol–water partition coefficient (Wildman–Crippen LogP) is 2.34. The molecule has 0 unspecified atom stereocenters. The number of aromatic nitrogens is 2. The van der Waals surface area contributed by atoms with Gasteiger partial charge in [0.1, 0.15) is 5.75 Å². The summed E-state index contributed by atoms with van der Waals surface area (Å²) in [5, 5.41) is 6.86. The predicted molar refractivity (Wildman–Crippen MR) is 76.1 cm³/mol. The van der Waals surface area contributed by atoms with Gasteiger partial charge in [0.2, 0.25) is 0 Å². The number of fused-ring (bicyclic) bond motifs is 1. The lowest BCUT2D eigenvalue weighted by atomic mass is 9.86. The monoisotopic (exact) mass is 271 g/mol. The normalized spacial score (nSPS) is 15.6. The van der Waals surface area contributed by atoms with Gasteiger partial charge >= 0.3 is 0 Å². The van der Waals surface area contributed by atoms with Gasteiger partial charge in [-0.25, -0.2) is 0 Å². The Labute approximate surface area is 117 Å². The zero-order valence-corrected chi connectivity index (χ0v) is 11.8. The van der Waals surface area contributed by atoms with Crippen LogP contribution in [0, 0.1) is 0 Å². The van der Waals surface area contributed by atoms with Crippen LogP contribution in [0.3, 0.4) is 0 Å². The largest absolute Gasteiger partial charge is 0.492 e. The van der Waals surface area contributed by atoms with Crippen molar-refractivity contribution in [2.24, 2.45) is 7.05 Å². The van der Waals surface area contributed by atoms with E-state index in [-0.39, 0.29) is 11.3 Å². The zero-order valence-electron chi connectivity index (χ0n) is 11.8. The highest BCUT2D eigenvalue weighted by atomic mass is 16.5. The van der Waals surface area contributed by atoms with Gasteiger partial charge in [0.15, 0.2) is 0 Å². The average molecular weight is 271 g/mol. The maximum Gasteiger partial charge on any atom is 0.259 e. The van der Waals surface area contributed by atoms with Gasteiger partial charge in [-0.2, -0.15) is 5.10 Å². The van der Waals surface area contributed by atoms with Gasteiger partial charge in [-0.3, -0.25) is 9.48 Å². The summed E-state index contributed by atoms with van der Waals surface area (Å²) in [7, 11) is 1.81. The molecule has 0 atom stereocenters. The third kappa shape index (κ3) is 2.05. The molecule has 0 saturated carbocycles. The number of hydrogen-bond donors (Lipinski definition) is 1. The van der Waals surface area contributed by atoms with E-state index in [0.29, 0.717) is 23.6 Å². The Balaban J connectivity index is 1.92. The first-order chi connectivity index (χ1) is 9.47.